The van der Waals surface area contributed by atoms with E-state index in [0.717, 1.165) is 12.8 Å². The van der Waals surface area contributed by atoms with E-state index < -0.39 is 0 Å². The Kier molecular flexibility index (Phi) is 11.8. The third-order valence-corrected chi connectivity index (χ3v) is 7.07. The molecule has 3 rings (SSSR count). The zero-order valence-electron chi connectivity index (χ0n) is 23.2. The normalized spacial score (nSPS) is 11.7. The van der Waals surface area contributed by atoms with E-state index in [1.807, 2.05) is 0 Å². The molecule has 3 aromatic carbocycles. The van der Waals surface area contributed by atoms with Crippen molar-refractivity contribution in [2.45, 2.75) is 91.9 Å². The molecule has 0 aliphatic carbocycles. The molecule has 0 fully saturated rings. The fraction of sp³-hybridized carbons (Fsp3) is 0.389. The first-order valence-corrected chi connectivity index (χ1v) is 14.2. The highest BCUT2D eigenvalue weighted by Gasteiger charge is 2.08. The molecular weight excluding hydrogens is 432 g/mol. The zero-order valence-corrected chi connectivity index (χ0v) is 23.2. The van der Waals surface area contributed by atoms with Gasteiger partial charge in [-0.05, 0) is 72.9 Å². The summed E-state index contributed by atoms with van der Waals surface area (Å²) in [6.45, 7) is 8.87. The van der Waals surface area contributed by atoms with Gasteiger partial charge in [0, 0.05) is 0 Å². The molecule has 0 bridgehead atoms. The lowest BCUT2D eigenvalue weighted by Crippen LogP contribution is -1.98. The second-order valence-corrected chi connectivity index (χ2v) is 10.4. The molecule has 190 valence electrons. The molecule has 0 spiro atoms. The molecule has 0 nitrogen and oxygen atoms in total. The van der Waals surface area contributed by atoms with Crippen LogP contribution in [0.4, 0.5) is 0 Å². The number of aryl methyl sites for hydroxylation is 4. The predicted molar refractivity (Wildman–Crippen MR) is 162 cm³/mol. The van der Waals surface area contributed by atoms with Gasteiger partial charge in [-0.3, -0.25) is 0 Å². The molecule has 0 heterocycles. The van der Waals surface area contributed by atoms with Crippen LogP contribution in [0, 0.1) is 13.8 Å². The second-order valence-electron chi connectivity index (χ2n) is 10.4. The summed E-state index contributed by atoms with van der Waals surface area (Å²) in [5.74, 6) is 0. The average Bonchev–Trinajstić information content (AvgIpc) is 2.89. The minimum Gasteiger partial charge on any atom is -0.0654 e. The van der Waals surface area contributed by atoms with Crippen LogP contribution >= 0.6 is 0 Å². The van der Waals surface area contributed by atoms with Crippen molar-refractivity contribution in [1.29, 1.82) is 0 Å². The molecule has 0 unspecified atom stereocenters. The Balaban J connectivity index is 1.94. The van der Waals surface area contributed by atoms with Gasteiger partial charge in [-0.25, -0.2) is 0 Å². The summed E-state index contributed by atoms with van der Waals surface area (Å²) >= 11 is 0. The summed E-state index contributed by atoms with van der Waals surface area (Å²) in [6.07, 6.45) is 21.9. The smallest absolute Gasteiger partial charge is 0.0221 e. The molecule has 0 heteroatoms. The molecular formula is C36H46. The lowest BCUT2D eigenvalue weighted by Gasteiger charge is -2.14. The highest BCUT2D eigenvalue weighted by molar-refractivity contribution is 5.76. The third-order valence-electron chi connectivity index (χ3n) is 7.07. The van der Waals surface area contributed by atoms with E-state index in [-0.39, 0.29) is 0 Å². The molecule has 0 saturated carbocycles. The second kappa shape index (κ2) is 15.3. The Hall–Kier alpha value is -2.86. The number of benzene rings is 3. The van der Waals surface area contributed by atoms with Crippen molar-refractivity contribution in [3.63, 3.8) is 0 Å². The van der Waals surface area contributed by atoms with Crippen LogP contribution < -0.4 is 0 Å². The van der Waals surface area contributed by atoms with Gasteiger partial charge in [0.2, 0.25) is 0 Å². The minimum atomic E-state index is 1.15. The maximum atomic E-state index is 2.49. The fourth-order valence-electron chi connectivity index (χ4n) is 4.68. The highest BCUT2D eigenvalue weighted by Crippen LogP contribution is 2.26. The van der Waals surface area contributed by atoms with Crippen LogP contribution in [0.15, 0.2) is 60.7 Å². The predicted octanol–water partition coefficient (Wildman–Crippen LogP) is 10.9. The van der Waals surface area contributed by atoms with E-state index in [9.17, 15) is 0 Å². The van der Waals surface area contributed by atoms with Crippen LogP contribution in [0.1, 0.15) is 110 Å². The fourth-order valence-corrected chi connectivity index (χ4v) is 4.68. The summed E-state index contributed by atoms with van der Waals surface area (Å²) in [4.78, 5) is 0. The lowest BCUT2D eigenvalue weighted by molar-refractivity contribution is 0.663. The van der Waals surface area contributed by atoms with Crippen LogP contribution in [-0.4, -0.2) is 0 Å². The summed E-state index contributed by atoms with van der Waals surface area (Å²) < 4.78 is 0. The van der Waals surface area contributed by atoms with Crippen molar-refractivity contribution in [3.8, 4) is 0 Å². The van der Waals surface area contributed by atoms with Gasteiger partial charge in [-0.15, -0.1) is 0 Å². The van der Waals surface area contributed by atoms with Gasteiger partial charge >= 0.3 is 0 Å². The van der Waals surface area contributed by atoms with Crippen molar-refractivity contribution in [1.82, 2.24) is 0 Å². The molecule has 0 N–H and O–H groups in total. The van der Waals surface area contributed by atoms with Crippen molar-refractivity contribution in [3.05, 3.63) is 105 Å². The number of hydrogen-bond acceptors (Lipinski definition) is 0. The van der Waals surface area contributed by atoms with Crippen LogP contribution in [0.2, 0.25) is 0 Å². The van der Waals surface area contributed by atoms with Crippen molar-refractivity contribution in [2.24, 2.45) is 0 Å². The van der Waals surface area contributed by atoms with E-state index in [0.29, 0.717) is 0 Å². The molecule has 0 aliphatic rings. The first-order valence-electron chi connectivity index (χ1n) is 14.2. The summed E-state index contributed by atoms with van der Waals surface area (Å²) in [7, 11) is 0. The standard InChI is InChI=1S/C36H46/c1-5-7-9-11-13-33-27-36(26-24-32-21-17-30(4)18-22-32)34(14-12-10-8-6-2)28-35(33)25-23-31-19-15-29(3)16-20-31/h15-28H,5-14H2,1-4H3/b25-23+,26-24+. The Bertz CT molecular complexity index is 1000. The summed E-state index contributed by atoms with van der Waals surface area (Å²) in [5, 5.41) is 0. The minimum absolute atomic E-state index is 1.15. The van der Waals surface area contributed by atoms with Crippen LogP contribution in [0.25, 0.3) is 24.3 Å². The summed E-state index contributed by atoms with van der Waals surface area (Å²) in [6, 6.07) is 22.6. The summed E-state index contributed by atoms with van der Waals surface area (Å²) in [5.41, 5.74) is 10.9. The van der Waals surface area contributed by atoms with E-state index in [4.69, 9.17) is 0 Å². The van der Waals surface area contributed by atoms with E-state index in [1.165, 1.54) is 95.9 Å². The molecule has 0 aliphatic heterocycles. The topological polar surface area (TPSA) is 0 Å². The van der Waals surface area contributed by atoms with Gasteiger partial charge in [-0.2, -0.15) is 0 Å². The third kappa shape index (κ3) is 9.30. The number of unbranched alkanes of at least 4 members (excludes halogenated alkanes) is 6. The molecule has 3 aromatic rings. The maximum absolute atomic E-state index is 2.49. The monoisotopic (exact) mass is 478 g/mol. The lowest BCUT2D eigenvalue weighted by atomic mass is 9.91. The van der Waals surface area contributed by atoms with Gasteiger partial charge in [0.15, 0.2) is 0 Å². The number of hydrogen-bond donors (Lipinski definition) is 0. The maximum Gasteiger partial charge on any atom is -0.0221 e. The van der Waals surface area contributed by atoms with E-state index >= 15 is 0 Å². The van der Waals surface area contributed by atoms with Crippen LogP contribution in [0.5, 0.6) is 0 Å². The van der Waals surface area contributed by atoms with E-state index in [2.05, 4.69) is 113 Å². The molecule has 0 aromatic heterocycles. The van der Waals surface area contributed by atoms with Crippen LogP contribution in [-0.2, 0) is 12.8 Å². The molecule has 36 heavy (non-hydrogen) atoms. The van der Waals surface area contributed by atoms with Crippen molar-refractivity contribution in [2.75, 3.05) is 0 Å². The van der Waals surface area contributed by atoms with Gasteiger partial charge in [0.25, 0.3) is 0 Å². The van der Waals surface area contributed by atoms with E-state index in [1.54, 1.807) is 0 Å². The van der Waals surface area contributed by atoms with Crippen molar-refractivity contribution < 1.29 is 0 Å². The van der Waals surface area contributed by atoms with Crippen LogP contribution in [0.3, 0.4) is 0 Å². The Morgan fingerprint density at radius 1 is 0.472 bits per heavy atom. The molecule has 0 radical (unpaired) electrons. The first kappa shape index (κ1) is 27.7. The molecule has 0 saturated heterocycles. The van der Waals surface area contributed by atoms with Crippen molar-refractivity contribution >= 4 is 24.3 Å². The highest BCUT2D eigenvalue weighted by atomic mass is 14.1. The largest absolute Gasteiger partial charge is 0.0654 e. The van der Waals surface area contributed by atoms with Gasteiger partial charge < -0.3 is 0 Å². The van der Waals surface area contributed by atoms with Gasteiger partial charge in [-0.1, -0.05) is 148 Å². The van der Waals surface area contributed by atoms with Gasteiger partial charge in [0.05, 0.1) is 0 Å². The molecule has 0 atom stereocenters. The SMILES string of the molecule is CCCCCCc1cc(/C=C/c2ccc(C)cc2)c(CCCCCC)cc1/C=C/c1ccc(C)cc1. The van der Waals surface area contributed by atoms with Gasteiger partial charge in [0.1, 0.15) is 0 Å². The average molecular weight is 479 g/mol. The number of rotatable bonds is 14. The Labute approximate surface area is 221 Å². The quantitative estimate of drug-likeness (QED) is 0.160. The zero-order chi connectivity index (χ0) is 25.6. The molecule has 0 amide bonds. The Morgan fingerprint density at radius 2 is 0.861 bits per heavy atom. The Morgan fingerprint density at radius 3 is 1.22 bits per heavy atom. The first-order chi connectivity index (χ1) is 17.6.